The van der Waals surface area contributed by atoms with E-state index in [0.29, 0.717) is 5.56 Å². The number of fused-ring (bicyclic) bond motifs is 1. The van der Waals surface area contributed by atoms with E-state index in [9.17, 15) is 14.9 Å². The van der Waals surface area contributed by atoms with Crippen molar-refractivity contribution in [1.82, 2.24) is 4.98 Å². The summed E-state index contributed by atoms with van der Waals surface area (Å²) in [5, 5.41) is 11.4. The summed E-state index contributed by atoms with van der Waals surface area (Å²) < 4.78 is 4.97. The van der Waals surface area contributed by atoms with Gasteiger partial charge in [-0.05, 0) is 18.1 Å². The third kappa shape index (κ3) is 2.10. The van der Waals surface area contributed by atoms with Crippen molar-refractivity contribution in [3.8, 4) is 0 Å². The first-order chi connectivity index (χ1) is 10.1. The van der Waals surface area contributed by atoms with E-state index in [0.717, 1.165) is 22.9 Å². The van der Waals surface area contributed by atoms with Crippen LogP contribution in [0, 0.1) is 10.1 Å². The quantitative estimate of drug-likeness (QED) is 0.451. The van der Waals surface area contributed by atoms with Gasteiger partial charge in [0.25, 0.3) is 0 Å². The summed E-state index contributed by atoms with van der Waals surface area (Å²) in [6.07, 6.45) is 2.46. The summed E-state index contributed by atoms with van der Waals surface area (Å²) in [6.45, 7) is 2.03. The Morgan fingerprint density at radius 3 is 2.81 bits per heavy atom. The Bertz CT molecular complexity index is 844. The average molecular weight is 284 g/mol. The van der Waals surface area contributed by atoms with Gasteiger partial charge in [-0.15, -0.1) is 0 Å². The van der Waals surface area contributed by atoms with Crippen molar-refractivity contribution in [3.05, 3.63) is 63.5 Å². The van der Waals surface area contributed by atoms with Crippen molar-refractivity contribution in [3.63, 3.8) is 0 Å². The smallest absolute Gasteiger partial charge is 0.397 e. The molecule has 0 spiro atoms. The zero-order chi connectivity index (χ0) is 15.0. The van der Waals surface area contributed by atoms with Crippen LogP contribution < -0.4 is 0 Å². The summed E-state index contributed by atoms with van der Waals surface area (Å²) >= 11 is 0. The predicted octanol–water partition coefficient (Wildman–Crippen LogP) is 3.46. The number of aryl methyl sites for hydroxylation is 1. The first-order valence-corrected chi connectivity index (χ1v) is 6.49. The van der Waals surface area contributed by atoms with Crippen molar-refractivity contribution in [2.45, 2.75) is 13.3 Å². The van der Waals surface area contributed by atoms with E-state index in [1.807, 2.05) is 25.1 Å². The molecule has 0 aliphatic heterocycles. The van der Waals surface area contributed by atoms with Gasteiger partial charge in [-0.2, -0.15) is 0 Å². The zero-order valence-electron chi connectivity index (χ0n) is 11.3. The molecule has 1 N–H and O–H groups in total. The van der Waals surface area contributed by atoms with Crippen LogP contribution in [0.1, 0.15) is 28.6 Å². The highest BCUT2D eigenvalue weighted by Gasteiger charge is 2.21. The first-order valence-electron chi connectivity index (χ1n) is 6.49. The molecule has 0 aliphatic carbocycles. The summed E-state index contributed by atoms with van der Waals surface area (Å²) in [7, 11) is 0. The molecule has 2 aromatic heterocycles. The number of rotatable bonds is 4. The third-order valence-corrected chi connectivity index (χ3v) is 3.42. The molecule has 0 unspecified atom stereocenters. The van der Waals surface area contributed by atoms with E-state index >= 15 is 0 Å². The van der Waals surface area contributed by atoms with Gasteiger partial charge in [0.05, 0.1) is 11.6 Å². The Morgan fingerprint density at radius 1 is 1.33 bits per heavy atom. The maximum absolute atomic E-state index is 12.4. The Kier molecular flexibility index (Phi) is 3.06. The van der Waals surface area contributed by atoms with E-state index in [1.165, 1.54) is 12.1 Å². The molecule has 3 rings (SSSR count). The predicted molar refractivity (Wildman–Crippen MR) is 76.5 cm³/mol. The lowest BCUT2D eigenvalue weighted by Crippen LogP contribution is -1.98. The topological polar surface area (TPSA) is 89.1 Å². The van der Waals surface area contributed by atoms with Crippen LogP contribution in [-0.2, 0) is 6.42 Å². The van der Waals surface area contributed by atoms with E-state index in [1.54, 1.807) is 6.20 Å². The number of carbonyl (C=O) groups excluding carboxylic acids is 1. The highest BCUT2D eigenvalue weighted by atomic mass is 16.6. The number of nitrogens with zero attached hydrogens (tertiary/aromatic N) is 1. The highest BCUT2D eigenvalue weighted by Crippen LogP contribution is 2.26. The van der Waals surface area contributed by atoms with Crippen molar-refractivity contribution in [1.29, 1.82) is 0 Å². The van der Waals surface area contributed by atoms with Crippen molar-refractivity contribution >= 4 is 22.6 Å². The number of hydrogen-bond donors (Lipinski definition) is 1. The van der Waals surface area contributed by atoms with Gasteiger partial charge in [0.15, 0.2) is 5.76 Å². The van der Waals surface area contributed by atoms with Crippen molar-refractivity contribution < 1.29 is 14.1 Å². The number of carbonyl (C=O) groups is 1. The van der Waals surface area contributed by atoms with Gasteiger partial charge in [-0.25, -0.2) is 0 Å². The molecule has 0 amide bonds. The molecule has 0 atom stereocenters. The Hall–Kier alpha value is -2.89. The molecule has 6 heteroatoms. The SMILES string of the molecule is CCc1cccc2c(C(=O)c3ccc([N+](=O)[O-])o3)c[nH]c12. The number of nitrogens with one attached hydrogen (secondary N) is 1. The molecule has 6 nitrogen and oxygen atoms in total. The summed E-state index contributed by atoms with van der Waals surface area (Å²) in [4.78, 5) is 25.5. The fraction of sp³-hybridized carbons (Fsp3) is 0.133. The Balaban J connectivity index is 2.07. The van der Waals surface area contributed by atoms with Crippen molar-refractivity contribution in [2.75, 3.05) is 0 Å². The second-order valence-corrected chi connectivity index (χ2v) is 4.62. The molecule has 0 saturated carbocycles. The molecule has 0 aliphatic rings. The molecule has 0 radical (unpaired) electrons. The van der Waals surface area contributed by atoms with Crippen LogP contribution in [0.4, 0.5) is 5.88 Å². The molecule has 1 aromatic carbocycles. The number of nitro groups is 1. The number of furan rings is 1. The normalized spacial score (nSPS) is 10.9. The number of aromatic nitrogens is 1. The van der Waals surface area contributed by atoms with Gasteiger partial charge in [-0.3, -0.25) is 14.9 Å². The van der Waals surface area contributed by atoms with E-state index in [4.69, 9.17) is 4.42 Å². The number of hydrogen-bond acceptors (Lipinski definition) is 4. The lowest BCUT2D eigenvalue weighted by atomic mass is 10.0. The number of H-pyrrole nitrogens is 1. The third-order valence-electron chi connectivity index (χ3n) is 3.42. The van der Waals surface area contributed by atoms with Gasteiger partial charge in [0.2, 0.25) is 5.78 Å². The number of ketones is 1. The van der Waals surface area contributed by atoms with E-state index in [2.05, 4.69) is 4.98 Å². The average Bonchev–Trinajstić information content (AvgIpc) is 3.13. The Morgan fingerprint density at radius 2 is 2.14 bits per heavy atom. The molecule has 0 saturated heterocycles. The molecule has 3 aromatic rings. The minimum atomic E-state index is -0.665. The first kappa shape index (κ1) is 13.1. The van der Waals surface area contributed by atoms with Gasteiger partial charge in [0, 0.05) is 17.1 Å². The monoisotopic (exact) mass is 284 g/mol. The molecular formula is C15H12N2O4. The maximum atomic E-state index is 12.4. The van der Waals surface area contributed by atoms with Crippen LogP contribution in [0.5, 0.6) is 0 Å². The second kappa shape index (κ2) is 4.90. The van der Waals surface area contributed by atoms with E-state index < -0.39 is 10.8 Å². The molecule has 0 bridgehead atoms. The number of aromatic amines is 1. The van der Waals surface area contributed by atoms with E-state index in [-0.39, 0.29) is 11.5 Å². The van der Waals surface area contributed by atoms with Crippen LogP contribution >= 0.6 is 0 Å². The van der Waals surface area contributed by atoms with Gasteiger partial charge in [0.1, 0.15) is 4.92 Å². The van der Waals surface area contributed by atoms with Gasteiger partial charge < -0.3 is 9.40 Å². The minimum absolute atomic E-state index is 0.0375. The second-order valence-electron chi connectivity index (χ2n) is 4.62. The molecule has 0 fully saturated rings. The fourth-order valence-electron chi connectivity index (χ4n) is 2.38. The van der Waals surface area contributed by atoms with Crippen molar-refractivity contribution in [2.24, 2.45) is 0 Å². The zero-order valence-corrected chi connectivity index (χ0v) is 11.3. The summed E-state index contributed by atoms with van der Waals surface area (Å²) in [5.41, 5.74) is 2.46. The molecule has 21 heavy (non-hydrogen) atoms. The largest absolute Gasteiger partial charge is 0.433 e. The highest BCUT2D eigenvalue weighted by molar-refractivity contribution is 6.15. The summed E-state index contributed by atoms with van der Waals surface area (Å²) in [5.74, 6) is -0.848. The maximum Gasteiger partial charge on any atom is 0.433 e. The molecule has 2 heterocycles. The van der Waals surface area contributed by atoms with Crippen LogP contribution in [0.15, 0.2) is 40.9 Å². The Labute approximate surface area is 119 Å². The minimum Gasteiger partial charge on any atom is -0.397 e. The van der Waals surface area contributed by atoms with Crippen LogP contribution in [-0.4, -0.2) is 15.7 Å². The van der Waals surface area contributed by atoms with Crippen LogP contribution in [0.25, 0.3) is 10.9 Å². The summed E-state index contributed by atoms with van der Waals surface area (Å²) in [6, 6.07) is 8.22. The van der Waals surface area contributed by atoms with Gasteiger partial charge in [-0.1, -0.05) is 25.1 Å². The van der Waals surface area contributed by atoms with Gasteiger partial charge >= 0.3 is 5.88 Å². The fourth-order valence-corrected chi connectivity index (χ4v) is 2.38. The number of para-hydroxylation sites is 1. The standard InChI is InChI=1S/C15H12N2O4/c1-2-9-4-3-5-10-11(8-16-14(9)10)15(18)12-6-7-13(21-12)17(19)20/h3-8,16H,2H2,1H3. The molecule has 106 valence electrons. The van der Waals surface area contributed by atoms with Crippen LogP contribution in [0.3, 0.4) is 0 Å². The lowest BCUT2D eigenvalue weighted by Gasteiger charge is -1.99. The van der Waals surface area contributed by atoms with Crippen LogP contribution in [0.2, 0.25) is 0 Å². The lowest BCUT2D eigenvalue weighted by molar-refractivity contribution is -0.402. The molecular weight excluding hydrogens is 272 g/mol. The number of benzene rings is 1.